The standard InChI is InChI=1S/C16H24FN3O2/c1-4-20(16(22)15(18)11(2)3)10-14(21)19-9-12-5-7-13(17)8-6-12/h5-8,11,15H,4,9-10,18H2,1-3H3,(H,19,21)/t15-/m0/s1. The molecule has 0 aliphatic heterocycles. The van der Waals surface area contributed by atoms with Gasteiger partial charge in [0.25, 0.3) is 0 Å². The van der Waals surface area contributed by atoms with Crippen LogP contribution >= 0.6 is 0 Å². The maximum Gasteiger partial charge on any atom is 0.240 e. The predicted octanol–water partition coefficient (Wildman–Crippen LogP) is 1.27. The first-order valence-corrected chi connectivity index (χ1v) is 7.40. The van der Waals surface area contributed by atoms with Gasteiger partial charge in [-0.15, -0.1) is 0 Å². The minimum absolute atomic E-state index is 0.0174. The number of carbonyl (C=O) groups is 2. The zero-order valence-electron chi connectivity index (χ0n) is 13.3. The Hall–Kier alpha value is -1.95. The lowest BCUT2D eigenvalue weighted by molar-refractivity contribution is -0.137. The number of carbonyl (C=O) groups excluding carboxylic acids is 2. The van der Waals surface area contributed by atoms with Crippen LogP contribution in [-0.4, -0.2) is 35.8 Å². The van der Waals surface area contributed by atoms with Crippen molar-refractivity contribution in [3.63, 3.8) is 0 Å². The lowest BCUT2D eigenvalue weighted by atomic mass is 10.0. The largest absolute Gasteiger partial charge is 0.350 e. The van der Waals surface area contributed by atoms with Crippen molar-refractivity contribution in [3.8, 4) is 0 Å². The fourth-order valence-corrected chi connectivity index (χ4v) is 1.87. The molecule has 3 N–H and O–H groups in total. The first-order valence-electron chi connectivity index (χ1n) is 7.40. The lowest BCUT2D eigenvalue weighted by Crippen LogP contribution is -2.49. The van der Waals surface area contributed by atoms with Crippen LogP contribution < -0.4 is 11.1 Å². The van der Waals surface area contributed by atoms with E-state index in [1.165, 1.54) is 17.0 Å². The zero-order chi connectivity index (χ0) is 16.7. The number of rotatable bonds is 7. The van der Waals surface area contributed by atoms with Gasteiger partial charge in [0.15, 0.2) is 0 Å². The quantitative estimate of drug-likeness (QED) is 0.796. The van der Waals surface area contributed by atoms with Gasteiger partial charge in [-0.05, 0) is 30.5 Å². The van der Waals surface area contributed by atoms with E-state index < -0.39 is 6.04 Å². The summed E-state index contributed by atoms with van der Waals surface area (Å²) in [5.41, 5.74) is 6.63. The Morgan fingerprint density at radius 1 is 1.27 bits per heavy atom. The van der Waals surface area contributed by atoms with Crippen molar-refractivity contribution in [2.24, 2.45) is 11.7 Å². The van der Waals surface area contributed by atoms with Crippen LogP contribution in [0.4, 0.5) is 4.39 Å². The molecule has 22 heavy (non-hydrogen) atoms. The summed E-state index contributed by atoms with van der Waals surface area (Å²) >= 11 is 0. The Bertz CT molecular complexity index is 503. The second-order valence-corrected chi connectivity index (χ2v) is 5.53. The third-order valence-corrected chi connectivity index (χ3v) is 3.43. The van der Waals surface area contributed by atoms with Gasteiger partial charge in [-0.2, -0.15) is 0 Å². The van der Waals surface area contributed by atoms with Gasteiger partial charge in [0.1, 0.15) is 5.82 Å². The molecule has 1 atom stereocenters. The summed E-state index contributed by atoms with van der Waals surface area (Å²) in [4.78, 5) is 25.5. The van der Waals surface area contributed by atoms with Gasteiger partial charge in [-0.25, -0.2) is 4.39 Å². The molecule has 1 aromatic rings. The molecule has 0 aromatic heterocycles. The predicted molar refractivity (Wildman–Crippen MR) is 83.3 cm³/mol. The van der Waals surface area contributed by atoms with E-state index in [1.807, 2.05) is 13.8 Å². The minimum atomic E-state index is -0.607. The fourth-order valence-electron chi connectivity index (χ4n) is 1.87. The third-order valence-electron chi connectivity index (χ3n) is 3.43. The second-order valence-electron chi connectivity index (χ2n) is 5.53. The van der Waals surface area contributed by atoms with Gasteiger partial charge in [-0.3, -0.25) is 9.59 Å². The monoisotopic (exact) mass is 309 g/mol. The average Bonchev–Trinajstić information content (AvgIpc) is 2.50. The molecule has 0 fully saturated rings. The SMILES string of the molecule is CCN(CC(=O)NCc1ccc(F)cc1)C(=O)[C@@H](N)C(C)C. The number of halogens is 1. The molecule has 0 aliphatic rings. The highest BCUT2D eigenvalue weighted by Gasteiger charge is 2.23. The van der Waals surface area contributed by atoms with Crippen LogP contribution in [0.1, 0.15) is 26.3 Å². The summed E-state index contributed by atoms with van der Waals surface area (Å²) in [6, 6.07) is 5.28. The van der Waals surface area contributed by atoms with Crippen molar-refractivity contribution in [2.75, 3.05) is 13.1 Å². The smallest absolute Gasteiger partial charge is 0.240 e. The van der Waals surface area contributed by atoms with E-state index in [4.69, 9.17) is 5.73 Å². The zero-order valence-corrected chi connectivity index (χ0v) is 13.3. The average molecular weight is 309 g/mol. The molecule has 6 heteroatoms. The summed E-state index contributed by atoms with van der Waals surface area (Å²) < 4.78 is 12.8. The number of nitrogens with two attached hydrogens (primary N) is 1. The summed E-state index contributed by atoms with van der Waals surface area (Å²) in [6.45, 7) is 6.22. The molecule has 1 aromatic carbocycles. The first kappa shape index (κ1) is 18.1. The van der Waals surface area contributed by atoms with Gasteiger partial charge < -0.3 is 16.0 Å². The number of hydrogen-bond donors (Lipinski definition) is 2. The molecular weight excluding hydrogens is 285 g/mol. The van der Waals surface area contributed by atoms with Crippen LogP contribution in [0.15, 0.2) is 24.3 Å². The van der Waals surface area contributed by atoms with Crippen molar-refractivity contribution in [1.82, 2.24) is 10.2 Å². The molecule has 122 valence electrons. The molecular formula is C16H24FN3O2. The molecule has 0 spiro atoms. The molecule has 0 bridgehead atoms. The molecule has 0 heterocycles. The number of amides is 2. The second kappa shape index (κ2) is 8.48. The van der Waals surface area contributed by atoms with Crippen LogP contribution in [0.3, 0.4) is 0 Å². The van der Waals surface area contributed by atoms with Crippen molar-refractivity contribution in [3.05, 3.63) is 35.6 Å². The topological polar surface area (TPSA) is 75.4 Å². The van der Waals surface area contributed by atoms with E-state index >= 15 is 0 Å². The lowest BCUT2D eigenvalue weighted by Gasteiger charge is -2.25. The number of benzene rings is 1. The molecule has 0 unspecified atom stereocenters. The van der Waals surface area contributed by atoms with Crippen molar-refractivity contribution in [1.29, 1.82) is 0 Å². The Balaban J connectivity index is 2.51. The number of likely N-dealkylation sites (N-methyl/N-ethyl adjacent to an activating group) is 1. The van der Waals surface area contributed by atoms with Gasteiger partial charge in [0.05, 0.1) is 12.6 Å². The summed E-state index contributed by atoms with van der Waals surface area (Å²) in [6.07, 6.45) is 0. The minimum Gasteiger partial charge on any atom is -0.350 e. The van der Waals surface area contributed by atoms with Crippen LogP contribution in [0.25, 0.3) is 0 Å². The normalized spacial score (nSPS) is 12.1. The highest BCUT2D eigenvalue weighted by molar-refractivity contribution is 5.87. The van der Waals surface area contributed by atoms with Crippen molar-refractivity contribution >= 4 is 11.8 Å². The third kappa shape index (κ3) is 5.44. The summed E-state index contributed by atoms with van der Waals surface area (Å²) in [5.74, 6) is -0.797. The van der Waals surface area contributed by atoms with E-state index in [1.54, 1.807) is 19.1 Å². The van der Waals surface area contributed by atoms with Gasteiger partial charge in [0, 0.05) is 13.1 Å². The van der Waals surface area contributed by atoms with E-state index in [0.29, 0.717) is 13.1 Å². The molecule has 2 amide bonds. The molecule has 0 radical (unpaired) electrons. The van der Waals surface area contributed by atoms with E-state index in [0.717, 1.165) is 5.56 Å². The summed E-state index contributed by atoms with van der Waals surface area (Å²) in [5, 5.41) is 2.71. The van der Waals surface area contributed by atoms with Gasteiger partial charge in [-0.1, -0.05) is 26.0 Å². The molecule has 0 aliphatic carbocycles. The highest BCUT2D eigenvalue weighted by Crippen LogP contribution is 2.04. The fraction of sp³-hybridized carbons (Fsp3) is 0.500. The molecule has 0 saturated carbocycles. The van der Waals surface area contributed by atoms with Crippen molar-refractivity contribution in [2.45, 2.75) is 33.4 Å². The van der Waals surface area contributed by atoms with Crippen LogP contribution in [0.2, 0.25) is 0 Å². The van der Waals surface area contributed by atoms with Crippen molar-refractivity contribution < 1.29 is 14.0 Å². The number of nitrogens with zero attached hydrogens (tertiary/aromatic N) is 1. The van der Waals surface area contributed by atoms with Crippen LogP contribution in [0.5, 0.6) is 0 Å². The highest BCUT2D eigenvalue weighted by atomic mass is 19.1. The van der Waals surface area contributed by atoms with E-state index in [9.17, 15) is 14.0 Å². The first-order chi connectivity index (χ1) is 10.3. The number of nitrogens with one attached hydrogen (secondary N) is 1. The van der Waals surface area contributed by atoms with Crippen LogP contribution in [-0.2, 0) is 16.1 Å². The molecule has 0 saturated heterocycles. The van der Waals surface area contributed by atoms with Gasteiger partial charge in [0.2, 0.25) is 11.8 Å². The number of hydrogen-bond acceptors (Lipinski definition) is 3. The van der Waals surface area contributed by atoms with E-state index in [-0.39, 0.29) is 30.1 Å². The Morgan fingerprint density at radius 2 is 1.86 bits per heavy atom. The maximum atomic E-state index is 12.8. The van der Waals surface area contributed by atoms with Gasteiger partial charge >= 0.3 is 0 Å². The Morgan fingerprint density at radius 3 is 2.36 bits per heavy atom. The Labute approximate surface area is 130 Å². The maximum absolute atomic E-state index is 12.8. The molecule has 5 nitrogen and oxygen atoms in total. The van der Waals surface area contributed by atoms with E-state index in [2.05, 4.69) is 5.32 Å². The summed E-state index contributed by atoms with van der Waals surface area (Å²) in [7, 11) is 0. The molecule has 1 rings (SSSR count). The Kier molecular flexibility index (Phi) is 6.98. The van der Waals surface area contributed by atoms with Crippen LogP contribution in [0, 0.1) is 11.7 Å².